The van der Waals surface area contributed by atoms with Crippen molar-refractivity contribution in [1.82, 2.24) is 0 Å². The number of carboxylic acids is 1. The van der Waals surface area contributed by atoms with Crippen molar-refractivity contribution >= 4 is 23.9 Å². The number of esters is 3. The SMILES string of the molecule is CC(=O)O[C@H]1[C@@H](OC(C)=O)[C@@H](C)O[C@@H](OC(=O)[C@]23CCC(C)(C)C[C@H]2C2=CC[C@@H]4[C@@]5(C)C[C@H](O)[C@H](O[C@@H]6O[C@H](CO)[C@@H](O)[C@H](O)[C@H]6O[C@@H]6O[C@H](CO)[C@@H](O)[C@H](O)[C@H]6O)[C@@](C)(C(=O)O)[C@@H]5CC[C@@]4(C)[C@]2(CO)CC3)[C@@H]1O[C@@H]1O[C@@H](C)[C@H](O[C@@H]2OC[C@@H](O)[C@H](O)[C@H]2O)[C@@H](O)[C@H]1O. The minimum absolute atomic E-state index is 0.0797. The summed E-state index contributed by atoms with van der Waals surface area (Å²) in [6, 6.07) is 0. The number of fused-ring (bicyclic) bond motifs is 7. The number of hydrogen-bond acceptors (Lipinski definition) is 30. The Morgan fingerprint density at radius 1 is 0.532 bits per heavy atom. The van der Waals surface area contributed by atoms with Crippen molar-refractivity contribution in [1.29, 1.82) is 0 Å². The van der Waals surface area contributed by atoms with E-state index in [4.69, 9.17) is 56.8 Å². The molecule has 0 aromatic heterocycles. The molecule has 4 saturated carbocycles. The maximum atomic E-state index is 15.9. The molecule has 9 fully saturated rings. The monoisotopic (exact) mass is 1350 g/mol. The van der Waals surface area contributed by atoms with Gasteiger partial charge in [-0.1, -0.05) is 39.3 Å². The van der Waals surface area contributed by atoms with Gasteiger partial charge in [0.25, 0.3) is 0 Å². The van der Waals surface area contributed by atoms with Crippen LogP contribution < -0.4 is 0 Å². The van der Waals surface area contributed by atoms with Crippen LogP contribution >= 0.6 is 0 Å². The van der Waals surface area contributed by atoms with Crippen molar-refractivity contribution in [2.75, 3.05) is 26.4 Å². The summed E-state index contributed by atoms with van der Waals surface area (Å²) >= 11 is 0. The summed E-state index contributed by atoms with van der Waals surface area (Å²) in [7, 11) is 0. The van der Waals surface area contributed by atoms with Gasteiger partial charge in [0.1, 0.15) is 91.6 Å². The van der Waals surface area contributed by atoms with Crippen LogP contribution in [0.5, 0.6) is 0 Å². The first kappa shape index (κ1) is 73.4. The summed E-state index contributed by atoms with van der Waals surface area (Å²) in [6.45, 7) is 12.1. The van der Waals surface area contributed by atoms with E-state index in [1.54, 1.807) is 0 Å². The van der Waals surface area contributed by atoms with Crippen molar-refractivity contribution in [3.63, 3.8) is 0 Å². The maximum absolute atomic E-state index is 15.9. The van der Waals surface area contributed by atoms with Crippen LogP contribution in [-0.4, -0.2) is 287 Å². The van der Waals surface area contributed by atoms with Gasteiger partial charge in [-0.05, 0) is 113 Å². The summed E-state index contributed by atoms with van der Waals surface area (Å²) in [5.74, 6) is -5.66. The van der Waals surface area contributed by atoms with Crippen LogP contribution in [0.4, 0.5) is 0 Å². The molecule has 0 radical (unpaired) electrons. The quantitative estimate of drug-likeness (QED) is 0.0310. The smallest absolute Gasteiger partial charge is 0.315 e. The molecule has 0 spiro atoms. The lowest BCUT2D eigenvalue weighted by Gasteiger charge is -2.71. The second-order valence-electron chi connectivity index (χ2n) is 29.6. The molecule has 5 aliphatic heterocycles. The Labute approximate surface area is 543 Å². The number of hydrogen-bond donors (Lipinski definition) is 15. The molecular formula is C63H98O31. The zero-order valence-electron chi connectivity index (χ0n) is 54.3. The van der Waals surface area contributed by atoms with Gasteiger partial charge in [0.05, 0.1) is 55.6 Å². The zero-order valence-corrected chi connectivity index (χ0v) is 54.3. The van der Waals surface area contributed by atoms with Crippen molar-refractivity contribution < 1.29 is 153 Å². The highest BCUT2D eigenvalue weighted by molar-refractivity contribution is 5.79. The molecule has 0 aromatic carbocycles. The summed E-state index contributed by atoms with van der Waals surface area (Å²) in [5, 5.41) is 165. The number of rotatable bonds is 16. The molecule has 94 heavy (non-hydrogen) atoms. The fraction of sp³-hybridized carbons (Fsp3) is 0.905. The van der Waals surface area contributed by atoms with E-state index in [1.807, 2.05) is 13.0 Å². The Balaban J connectivity index is 0.942. The molecule has 0 aromatic rings. The third-order valence-corrected chi connectivity index (χ3v) is 23.6. The number of aliphatic carboxylic acids is 1. The van der Waals surface area contributed by atoms with Gasteiger partial charge in [-0.15, -0.1) is 0 Å². The molecule has 10 aliphatic rings. The van der Waals surface area contributed by atoms with Crippen molar-refractivity contribution in [3.05, 3.63) is 11.6 Å². The topological polar surface area (TPSA) is 482 Å². The van der Waals surface area contributed by atoms with Gasteiger partial charge in [-0.3, -0.25) is 19.2 Å². The molecule has 5 aliphatic carbocycles. The Morgan fingerprint density at radius 2 is 1.07 bits per heavy atom. The van der Waals surface area contributed by atoms with Crippen LogP contribution in [-0.2, 0) is 76.0 Å². The van der Waals surface area contributed by atoms with E-state index in [9.17, 15) is 91.0 Å². The molecule has 31 nitrogen and oxygen atoms in total. The molecule has 0 unspecified atom stereocenters. The standard InChI is InChI=1S/C63H98O31/c1-24-45(90-51-42(77)36(71)31(70)22-83-51)41(76)44(79)52(84-24)92-49-48(87-27(4)68)46(86-26(3)67)25(2)85-55(49)94-57(82)62-15-14-58(5,6)18-29(62)28-10-11-34-59(7)19-30(69)50(61(9,56(80)81)35(59)12-13-60(34,8)63(28,23-66)17-16-62)93-54-47(40(75)38(73)33(21-65)89-54)91-53-43(78)39(74)37(72)32(20-64)88-53/h10,24-25,29-55,64-66,69-79H,11-23H2,1-9H3,(H,80,81)/t24-,25+,29-,30-,31+,32+,33+,34+,35+,36-,37+,38+,39-,40-,41-,42+,43+,44+,45-,46-,47+,48-,49+,50-,51-,52-,53-,54-,55-,59+,60+,61-,62-,63-/m0/s1. The van der Waals surface area contributed by atoms with E-state index < -0.39 is 255 Å². The van der Waals surface area contributed by atoms with E-state index >= 15 is 4.79 Å². The van der Waals surface area contributed by atoms with E-state index in [0.717, 1.165) is 19.4 Å². The lowest BCUT2D eigenvalue weighted by atomic mass is 9.33. The summed E-state index contributed by atoms with van der Waals surface area (Å²) < 4.78 is 72.0. The van der Waals surface area contributed by atoms with Gasteiger partial charge in [-0.2, -0.15) is 0 Å². The zero-order chi connectivity index (χ0) is 69.0. The number of aliphatic hydroxyl groups excluding tert-OH is 14. The van der Waals surface area contributed by atoms with Crippen LogP contribution in [0.15, 0.2) is 11.6 Å². The third-order valence-electron chi connectivity index (χ3n) is 23.6. The van der Waals surface area contributed by atoms with Crippen LogP contribution in [0.2, 0.25) is 0 Å². The van der Waals surface area contributed by atoms with Crippen LogP contribution in [0.25, 0.3) is 0 Å². The number of ether oxygens (including phenoxy) is 12. The summed E-state index contributed by atoms with van der Waals surface area (Å²) in [4.78, 5) is 55.8. The Hall–Kier alpha value is -3.30. The molecule has 31 heteroatoms. The second-order valence-corrected chi connectivity index (χ2v) is 29.6. The normalized spacial score (nSPS) is 51.7. The molecule has 5 saturated heterocycles. The van der Waals surface area contributed by atoms with Gasteiger partial charge in [0.15, 0.2) is 43.5 Å². The maximum Gasteiger partial charge on any atom is 0.315 e. The van der Waals surface area contributed by atoms with Gasteiger partial charge >= 0.3 is 23.9 Å². The fourth-order valence-electron chi connectivity index (χ4n) is 18.5. The summed E-state index contributed by atoms with van der Waals surface area (Å²) in [6.07, 6.45) is -39.7. The van der Waals surface area contributed by atoms with Crippen molar-refractivity contribution in [2.45, 2.75) is 280 Å². The van der Waals surface area contributed by atoms with Crippen LogP contribution in [0.1, 0.15) is 120 Å². The number of aliphatic hydroxyl groups is 14. The van der Waals surface area contributed by atoms with Crippen molar-refractivity contribution in [2.24, 2.45) is 50.2 Å². The number of carbonyl (C=O) groups excluding carboxylic acids is 3. The summed E-state index contributed by atoms with van der Waals surface area (Å²) in [5.41, 5.74) is -5.84. The van der Waals surface area contributed by atoms with Gasteiger partial charge < -0.3 is 133 Å². The molecule has 536 valence electrons. The van der Waals surface area contributed by atoms with E-state index in [2.05, 4.69) is 20.8 Å². The van der Waals surface area contributed by atoms with Gasteiger partial charge in [0, 0.05) is 19.3 Å². The minimum atomic E-state index is -2.00. The molecule has 0 bridgehead atoms. The van der Waals surface area contributed by atoms with E-state index in [1.165, 1.54) is 20.8 Å². The molecule has 10 rings (SSSR count). The largest absolute Gasteiger partial charge is 0.481 e. The second kappa shape index (κ2) is 27.3. The molecule has 34 atom stereocenters. The van der Waals surface area contributed by atoms with E-state index in [-0.39, 0.29) is 37.5 Å². The lowest BCUT2D eigenvalue weighted by Crippen LogP contribution is -2.71. The molecule has 15 N–H and O–H groups in total. The average Bonchev–Trinajstić information content (AvgIpc) is 0.670. The number of carbonyl (C=O) groups is 4. The Bertz CT molecular complexity index is 2760. The van der Waals surface area contributed by atoms with Gasteiger partial charge in [-0.25, -0.2) is 0 Å². The molecule has 0 amide bonds. The van der Waals surface area contributed by atoms with Crippen LogP contribution in [0, 0.1) is 50.2 Å². The van der Waals surface area contributed by atoms with Crippen molar-refractivity contribution in [3.8, 4) is 0 Å². The lowest BCUT2D eigenvalue weighted by molar-refractivity contribution is -0.382. The number of carboxylic acid groups (broad SMARTS) is 1. The minimum Gasteiger partial charge on any atom is -0.481 e. The highest BCUT2D eigenvalue weighted by Gasteiger charge is 2.74. The average molecular weight is 1350 g/mol. The Kier molecular flexibility index (Phi) is 21.3. The highest BCUT2D eigenvalue weighted by atomic mass is 16.8. The Morgan fingerprint density at radius 3 is 1.70 bits per heavy atom. The third kappa shape index (κ3) is 12.4. The predicted octanol–water partition coefficient (Wildman–Crippen LogP) is -3.37. The van der Waals surface area contributed by atoms with Gasteiger partial charge in [0.2, 0.25) is 6.29 Å². The first-order chi connectivity index (χ1) is 44.0. The van der Waals surface area contributed by atoms with E-state index in [0.29, 0.717) is 25.7 Å². The predicted molar refractivity (Wildman–Crippen MR) is 310 cm³/mol. The highest BCUT2D eigenvalue weighted by Crippen LogP contribution is 2.76. The fourth-order valence-corrected chi connectivity index (χ4v) is 18.5. The van der Waals surface area contributed by atoms with Crippen LogP contribution in [0.3, 0.4) is 0 Å². The first-order valence-electron chi connectivity index (χ1n) is 32.7. The molecular weight excluding hydrogens is 1250 g/mol. The first-order valence-corrected chi connectivity index (χ1v) is 32.7. The molecule has 5 heterocycles. The number of allylic oxidation sites excluding steroid dienone is 1.